The van der Waals surface area contributed by atoms with Crippen LogP contribution in [0.2, 0.25) is 0 Å². The van der Waals surface area contributed by atoms with Crippen molar-refractivity contribution in [2.24, 2.45) is 0 Å². The number of ether oxygens (including phenoxy) is 2. The molecule has 1 saturated heterocycles. The highest BCUT2D eigenvalue weighted by Crippen LogP contribution is 2.36. The van der Waals surface area contributed by atoms with E-state index < -0.39 is 10.0 Å². The smallest absolute Gasteiger partial charge is 0.247 e. The molecular weight excluding hydrogens is 334 g/mol. The maximum absolute atomic E-state index is 11.7. The van der Waals surface area contributed by atoms with Gasteiger partial charge in [0.1, 0.15) is 0 Å². The minimum atomic E-state index is -3.21. The van der Waals surface area contributed by atoms with Gasteiger partial charge in [-0.15, -0.1) is 10.2 Å². The molecule has 128 valence electrons. The molecule has 24 heavy (non-hydrogen) atoms. The van der Waals surface area contributed by atoms with Gasteiger partial charge in [-0.3, -0.25) is 0 Å². The highest BCUT2D eigenvalue weighted by Gasteiger charge is 2.30. The maximum Gasteiger partial charge on any atom is 0.247 e. The summed E-state index contributed by atoms with van der Waals surface area (Å²) >= 11 is 0. The Kier molecular flexibility index (Phi) is 3.69. The van der Waals surface area contributed by atoms with Gasteiger partial charge in [-0.05, 0) is 31.0 Å². The quantitative estimate of drug-likeness (QED) is 0.829. The molecule has 1 aromatic carbocycles. The Labute approximate surface area is 139 Å². The number of aromatic nitrogens is 2. The van der Waals surface area contributed by atoms with Gasteiger partial charge in [0.05, 0.1) is 12.2 Å². The Hall–Kier alpha value is -2.13. The zero-order valence-corrected chi connectivity index (χ0v) is 14.0. The lowest BCUT2D eigenvalue weighted by Crippen LogP contribution is -2.38. The molecule has 0 N–H and O–H groups in total. The third-order valence-electron chi connectivity index (χ3n) is 4.26. The molecule has 0 bridgehead atoms. The normalized spacial score (nSPS) is 21.1. The van der Waals surface area contributed by atoms with Crippen LogP contribution in [0.1, 0.15) is 24.7 Å². The predicted molar refractivity (Wildman–Crippen MR) is 84.2 cm³/mol. The first-order valence-corrected chi connectivity index (χ1v) is 9.54. The van der Waals surface area contributed by atoms with Crippen LogP contribution in [-0.2, 0) is 10.0 Å². The molecule has 0 aliphatic carbocycles. The molecule has 0 radical (unpaired) electrons. The van der Waals surface area contributed by atoms with Gasteiger partial charge in [-0.25, -0.2) is 12.7 Å². The van der Waals surface area contributed by atoms with Crippen LogP contribution in [0.5, 0.6) is 11.5 Å². The number of sulfonamides is 1. The molecule has 3 heterocycles. The number of hydrogen-bond donors (Lipinski definition) is 0. The number of benzene rings is 1. The minimum absolute atomic E-state index is 0.0799. The van der Waals surface area contributed by atoms with Gasteiger partial charge >= 0.3 is 0 Å². The van der Waals surface area contributed by atoms with Gasteiger partial charge in [0, 0.05) is 18.7 Å². The fourth-order valence-electron chi connectivity index (χ4n) is 2.99. The van der Waals surface area contributed by atoms with Crippen molar-refractivity contribution in [3.63, 3.8) is 0 Å². The van der Waals surface area contributed by atoms with E-state index in [9.17, 15) is 8.42 Å². The van der Waals surface area contributed by atoms with E-state index in [1.54, 1.807) is 12.1 Å². The molecule has 1 aromatic heterocycles. The summed E-state index contributed by atoms with van der Waals surface area (Å²) in [7, 11) is -3.21. The number of piperidine rings is 1. The monoisotopic (exact) mass is 351 g/mol. The Bertz CT molecular complexity index is 864. The maximum atomic E-state index is 11.7. The standard InChI is InChI=1S/C15H17N3O5S/c1-24(19,20)18-6-2-3-11(8-18)15-17-16-14(23-15)10-4-5-12-13(7-10)22-9-21-12/h4-5,7,11H,2-3,6,8-9H2,1H3/t11-/m0/s1. The summed E-state index contributed by atoms with van der Waals surface area (Å²) < 4.78 is 41.3. The highest BCUT2D eigenvalue weighted by atomic mass is 32.2. The van der Waals surface area contributed by atoms with E-state index >= 15 is 0 Å². The molecule has 2 aromatic rings. The van der Waals surface area contributed by atoms with Crippen LogP contribution >= 0.6 is 0 Å². The van der Waals surface area contributed by atoms with Crippen molar-refractivity contribution in [3.05, 3.63) is 24.1 Å². The molecule has 0 saturated carbocycles. The Morgan fingerprint density at radius 1 is 1.21 bits per heavy atom. The van der Waals surface area contributed by atoms with Gasteiger partial charge in [-0.1, -0.05) is 0 Å². The van der Waals surface area contributed by atoms with Crippen LogP contribution in [-0.4, -0.2) is 49.1 Å². The number of fused-ring (bicyclic) bond motifs is 1. The molecule has 2 aliphatic heterocycles. The largest absolute Gasteiger partial charge is 0.454 e. The summed E-state index contributed by atoms with van der Waals surface area (Å²) in [5, 5.41) is 8.21. The number of hydrogen-bond acceptors (Lipinski definition) is 7. The first-order valence-electron chi connectivity index (χ1n) is 7.69. The van der Waals surface area contributed by atoms with Crippen molar-refractivity contribution in [1.82, 2.24) is 14.5 Å². The van der Waals surface area contributed by atoms with E-state index in [1.165, 1.54) is 10.6 Å². The van der Waals surface area contributed by atoms with Crippen LogP contribution in [0.25, 0.3) is 11.5 Å². The van der Waals surface area contributed by atoms with Crippen LogP contribution in [0.3, 0.4) is 0 Å². The zero-order chi connectivity index (χ0) is 16.7. The molecule has 8 nitrogen and oxygen atoms in total. The fraction of sp³-hybridized carbons (Fsp3) is 0.467. The van der Waals surface area contributed by atoms with Crippen LogP contribution in [0.4, 0.5) is 0 Å². The lowest BCUT2D eigenvalue weighted by Gasteiger charge is -2.28. The fourth-order valence-corrected chi connectivity index (χ4v) is 3.90. The summed E-state index contributed by atoms with van der Waals surface area (Å²) in [6.07, 6.45) is 2.83. The molecule has 0 amide bonds. The molecule has 1 atom stereocenters. The highest BCUT2D eigenvalue weighted by molar-refractivity contribution is 7.88. The summed E-state index contributed by atoms with van der Waals surface area (Å²) in [6.45, 7) is 1.12. The van der Waals surface area contributed by atoms with Crippen molar-refractivity contribution < 1.29 is 22.3 Å². The zero-order valence-electron chi connectivity index (χ0n) is 13.1. The Morgan fingerprint density at radius 2 is 2.04 bits per heavy atom. The molecule has 9 heteroatoms. The second-order valence-corrected chi connectivity index (χ2v) is 7.96. The molecule has 2 aliphatic rings. The first kappa shape index (κ1) is 15.4. The second-order valence-electron chi connectivity index (χ2n) is 5.97. The van der Waals surface area contributed by atoms with E-state index in [0.717, 1.165) is 18.4 Å². The van der Waals surface area contributed by atoms with E-state index in [0.29, 0.717) is 36.4 Å². The molecule has 0 unspecified atom stereocenters. The predicted octanol–water partition coefficient (Wildman–Crippen LogP) is 1.60. The van der Waals surface area contributed by atoms with Crippen LogP contribution in [0.15, 0.2) is 22.6 Å². The van der Waals surface area contributed by atoms with E-state index in [-0.39, 0.29) is 12.7 Å². The van der Waals surface area contributed by atoms with Gasteiger partial charge in [0.25, 0.3) is 0 Å². The van der Waals surface area contributed by atoms with Crippen molar-refractivity contribution in [3.8, 4) is 23.0 Å². The van der Waals surface area contributed by atoms with Crippen molar-refractivity contribution >= 4 is 10.0 Å². The average Bonchev–Trinajstić information content (AvgIpc) is 3.22. The number of nitrogens with zero attached hydrogens (tertiary/aromatic N) is 3. The molecule has 1 fully saturated rings. The Balaban J connectivity index is 1.56. The van der Waals surface area contributed by atoms with Crippen LogP contribution in [0, 0.1) is 0 Å². The lowest BCUT2D eigenvalue weighted by molar-refractivity contribution is 0.174. The van der Waals surface area contributed by atoms with Crippen LogP contribution < -0.4 is 9.47 Å². The van der Waals surface area contributed by atoms with Gasteiger partial charge in [-0.2, -0.15) is 0 Å². The summed E-state index contributed by atoms with van der Waals surface area (Å²) in [4.78, 5) is 0. The average molecular weight is 351 g/mol. The molecule has 4 rings (SSSR count). The van der Waals surface area contributed by atoms with Crippen molar-refractivity contribution in [2.75, 3.05) is 26.1 Å². The SMILES string of the molecule is CS(=O)(=O)N1CCC[C@H](c2nnc(-c3ccc4c(c3)OCO4)o2)C1. The van der Waals surface area contributed by atoms with Gasteiger partial charge in [0.2, 0.25) is 28.6 Å². The van der Waals surface area contributed by atoms with Crippen molar-refractivity contribution in [1.29, 1.82) is 0 Å². The van der Waals surface area contributed by atoms with E-state index in [1.807, 2.05) is 6.07 Å². The third-order valence-corrected chi connectivity index (χ3v) is 5.53. The second kappa shape index (κ2) is 5.75. The summed E-state index contributed by atoms with van der Waals surface area (Å²) in [5.41, 5.74) is 0.744. The van der Waals surface area contributed by atoms with Gasteiger partial charge in [0.15, 0.2) is 11.5 Å². The van der Waals surface area contributed by atoms with E-state index in [2.05, 4.69) is 10.2 Å². The third kappa shape index (κ3) is 2.84. The number of rotatable bonds is 3. The van der Waals surface area contributed by atoms with Crippen molar-refractivity contribution in [2.45, 2.75) is 18.8 Å². The molecule has 0 spiro atoms. The molecular formula is C15H17N3O5S. The topological polar surface area (TPSA) is 94.8 Å². The lowest BCUT2D eigenvalue weighted by atomic mass is 10.00. The summed E-state index contributed by atoms with van der Waals surface area (Å²) in [6, 6.07) is 5.42. The summed E-state index contributed by atoms with van der Waals surface area (Å²) in [5.74, 6) is 2.11. The first-order chi connectivity index (χ1) is 11.5. The van der Waals surface area contributed by atoms with E-state index in [4.69, 9.17) is 13.9 Å². The minimum Gasteiger partial charge on any atom is -0.454 e. The Morgan fingerprint density at radius 3 is 2.88 bits per heavy atom. The van der Waals surface area contributed by atoms with Gasteiger partial charge < -0.3 is 13.9 Å².